The first kappa shape index (κ1) is 17.5. The van der Waals surface area contributed by atoms with Gasteiger partial charge in [0.15, 0.2) is 0 Å². The zero-order valence-electron chi connectivity index (χ0n) is 14.8. The molecule has 5 nitrogen and oxygen atoms in total. The van der Waals surface area contributed by atoms with Crippen LogP contribution < -0.4 is 10.1 Å². The van der Waals surface area contributed by atoms with E-state index in [4.69, 9.17) is 9.47 Å². The van der Waals surface area contributed by atoms with Gasteiger partial charge in [0.1, 0.15) is 11.7 Å². The van der Waals surface area contributed by atoms with E-state index < -0.39 is 11.9 Å². The molecule has 0 radical (unpaired) electrons. The third-order valence-corrected chi connectivity index (χ3v) is 5.06. The summed E-state index contributed by atoms with van der Waals surface area (Å²) in [6.45, 7) is 2.06. The van der Waals surface area contributed by atoms with E-state index >= 15 is 0 Å². The van der Waals surface area contributed by atoms with Crippen molar-refractivity contribution in [3.8, 4) is 5.75 Å². The van der Waals surface area contributed by atoms with Crippen LogP contribution in [-0.2, 0) is 20.7 Å². The van der Waals surface area contributed by atoms with Crippen LogP contribution in [0, 0.1) is 11.8 Å². The van der Waals surface area contributed by atoms with Crippen LogP contribution in [0.3, 0.4) is 0 Å². The summed E-state index contributed by atoms with van der Waals surface area (Å²) in [4.78, 5) is 24.1. The summed E-state index contributed by atoms with van der Waals surface area (Å²) >= 11 is 0. The predicted octanol–water partition coefficient (Wildman–Crippen LogP) is 2.99. The number of nitrogens with one attached hydrogen (secondary N) is 1. The second-order valence-corrected chi connectivity index (χ2v) is 6.74. The van der Waals surface area contributed by atoms with Gasteiger partial charge in [-0.1, -0.05) is 12.1 Å². The fourth-order valence-corrected chi connectivity index (χ4v) is 3.73. The number of allylic oxidation sites excluding steroid dienone is 2. The van der Waals surface area contributed by atoms with E-state index in [0.29, 0.717) is 18.9 Å². The standard InChI is InChI=1S/C20H25NO4/c1-3-25-20(23)17-12-15-11-14(6-9-18(15)21-19(17)22)10-13-4-7-16(24-2)8-5-13/h4-5,7-8,14,17H,3,6,9-12H2,1-2H3,(H,21,22). The summed E-state index contributed by atoms with van der Waals surface area (Å²) in [5, 5.41) is 2.93. The van der Waals surface area contributed by atoms with E-state index in [1.807, 2.05) is 12.1 Å². The Kier molecular flexibility index (Phi) is 5.41. The average Bonchev–Trinajstić information content (AvgIpc) is 2.62. The Morgan fingerprint density at radius 3 is 2.68 bits per heavy atom. The summed E-state index contributed by atoms with van der Waals surface area (Å²) < 4.78 is 10.2. The van der Waals surface area contributed by atoms with Gasteiger partial charge < -0.3 is 14.8 Å². The monoisotopic (exact) mass is 343 g/mol. The lowest BCUT2D eigenvalue weighted by molar-refractivity contribution is -0.152. The fourth-order valence-electron chi connectivity index (χ4n) is 3.73. The Balaban J connectivity index is 1.65. The number of benzene rings is 1. The topological polar surface area (TPSA) is 64.6 Å². The van der Waals surface area contributed by atoms with Crippen molar-refractivity contribution in [2.24, 2.45) is 11.8 Å². The molecule has 0 fully saturated rings. The molecule has 134 valence electrons. The van der Waals surface area contributed by atoms with Crippen molar-refractivity contribution in [1.82, 2.24) is 5.32 Å². The quantitative estimate of drug-likeness (QED) is 0.659. The van der Waals surface area contributed by atoms with E-state index in [-0.39, 0.29) is 5.91 Å². The van der Waals surface area contributed by atoms with Gasteiger partial charge in [-0.3, -0.25) is 9.59 Å². The van der Waals surface area contributed by atoms with Crippen molar-refractivity contribution in [3.05, 3.63) is 41.1 Å². The van der Waals surface area contributed by atoms with Crippen LogP contribution in [-0.4, -0.2) is 25.6 Å². The van der Waals surface area contributed by atoms with Gasteiger partial charge in [0.25, 0.3) is 0 Å². The molecule has 1 aromatic carbocycles. The minimum Gasteiger partial charge on any atom is -0.497 e. The van der Waals surface area contributed by atoms with Gasteiger partial charge in [-0.15, -0.1) is 0 Å². The molecule has 5 heteroatoms. The van der Waals surface area contributed by atoms with Gasteiger partial charge >= 0.3 is 5.97 Å². The summed E-state index contributed by atoms with van der Waals surface area (Å²) in [7, 11) is 1.67. The Labute approximate surface area is 148 Å². The maximum atomic E-state index is 12.1. The van der Waals surface area contributed by atoms with Crippen LogP contribution in [0.25, 0.3) is 0 Å². The average molecular weight is 343 g/mol. The molecule has 1 aromatic rings. The zero-order chi connectivity index (χ0) is 17.8. The molecule has 1 N–H and O–H groups in total. The van der Waals surface area contributed by atoms with Crippen LogP contribution in [0.1, 0.15) is 38.2 Å². The first-order valence-electron chi connectivity index (χ1n) is 8.92. The molecule has 25 heavy (non-hydrogen) atoms. The zero-order valence-corrected chi connectivity index (χ0v) is 14.8. The molecule has 2 aliphatic rings. The normalized spacial score (nSPS) is 22.9. The van der Waals surface area contributed by atoms with Crippen LogP contribution in [0.15, 0.2) is 35.5 Å². The van der Waals surface area contributed by atoms with Gasteiger partial charge in [-0.05, 0) is 68.2 Å². The minimum atomic E-state index is -0.696. The molecular weight excluding hydrogens is 318 g/mol. The van der Waals surface area contributed by atoms with Crippen molar-refractivity contribution < 1.29 is 19.1 Å². The second kappa shape index (κ2) is 7.72. The molecule has 2 unspecified atom stereocenters. The molecule has 1 amide bonds. The third-order valence-electron chi connectivity index (χ3n) is 5.06. The number of rotatable bonds is 5. The van der Waals surface area contributed by atoms with E-state index in [1.54, 1.807) is 14.0 Å². The summed E-state index contributed by atoms with van der Waals surface area (Å²) in [6, 6.07) is 8.18. The van der Waals surface area contributed by atoms with Gasteiger partial charge in [0.05, 0.1) is 13.7 Å². The lowest BCUT2D eigenvalue weighted by Crippen LogP contribution is -2.42. The van der Waals surface area contributed by atoms with Gasteiger partial charge in [0.2, 0.25) is 5.91 Å². The lowest BCUT2D eigenvalue weighted by Gasteiger charge is -2.33. The molecule has 1 heterocycles. The number of carbonyl (C=O) groups is 2. The first-order valence-corrected chi connectivity index (χ1v) is 8.92. The van der Waals surface area contributed by atoms with E-state index in [0.717, 1.165) is 37.1 Å². The summed E-state index contributed by atoms with van der Waals surface area (Å²) in [5.41, 5.74) is 3.52. The van der Waals surface area contributed by atoms with Crippen LogP contribution in [0.5, 0.6) is 5.75 Å². The number of hydrogen-bond acceptors (Lipinski definition) is 4. The Hall–Kier alpha value is -2.30. The maximum absolute atomic E-state index is 12.1. The number of esters is 1. The smallest absolute Gasteiger partial charge is 0.318 e. The van der Waals surface area contributed by atoms with Crippen molar-refractivity contribution >= 4 is 11.9 Å². The molecule has 0 saturated carbocycles. The highest BCUT2D eigenvalue weighted by atomic mass is 16.5. The van der Waals surface area contributed by atoms with E-state index in [9.17, 15) is 9.59 Å². The Morgan fingerprint density at radius 2 is 2.00 bits per heavy atom. The summed E-state index contributed by atoms with van der Waals surface area (Å²) in [6.07, 6.45) is 4.35. The van der Waals surface area contributed by atoms with Crippen molar-refractivity contribution in [1.29, 1.82) is 0 Å². The second-order valence-electron chi connectivity index (χ2n) is 6.74. The molecule has 1 aliphatic heterocycles. The number of methoxy groups -OCH3 is 1. The molecule has 0 saturated heterocycles. The van der Waals surface area contributed by atoms with Crippen molar-refractivity contribution in [2.45, 2.75) is 39.0 Å². The van der Waals surface area contributed by atoms with Crippen LogP contribution in [0.2, 0.25) is 0 Å². The number of amides is 1. The molecule has 2 atom stereocenters. The fraction of sp³-hybridized carbons (Fsp3) is 0.500. The van der Waals surface area contributed by atoms with Crippen LogP contribution >= 0.6 is 0 Å². The molecule has 0 aromatic heterocycles. The van der Waals surface area contributed by atoms with Crippen LogP contribution in [0.4, 0.5) is 0 Å². The number of carbonyl (C=O) groups excluding carboxylic acids is 2. The SMILES string of the molecule is CCOC(=O)C1CC2=C(CCC(Cc3ccc(OC)cc3)C2)NC1=O. The lowest BCUT2D eigenvalue weighted by atomic mass is 9.78. The molecular formula is C20H25NO4. The van der Waals surface area contributed by atoms with E-state index in [2.05, 4.69) is 17.4 Å². The van der Waals surface area contributed by atoms with Gasteiger partial charge in [-0.2, -0.15) is 0 Å². The van der Waals surface area contributed by atoms with Crippen molar-refractivity contribution in [2.75, 3.05) is 13.7 Å². The molecule has 3 rings (SSSR count). The molecule has 1 aliphatic carbocycles. The minimum absolute atomic E-state index is 0.217. The van der Waals surface area contributed by atoms with E-state index in [1.165, 1.54) is 11.1 Å². The highest BCUT2D eigenvalue weighted by Gasteiger charge is 2.36. The number of hydrogen-bond donors (Lipinski definition) is 1. The van der Waals surface area contributed by atoms with Gasteiger partial charge in [0, 0.05) is 5.70 Å². The summed E-state index contributed by atoms with van der Waals surface area (Å²) in [5.74, 6) is 0.0720. The Morgan fingerprint density at radius 1 is 1.24 bits per heavy atom. The highest BCUT2D eigenvalue weighted by molar-refractivity contribution is 5.99. The van der Waals surface area contributed by atoms with Crippen molar-refractivity contribution in [3.63, 3.8) is 0 Å². The highest BCUT2D eigenvalue weighted by Crippen LogP contribution is 2.36. The van der Waals surface area contributed by atoms with Gasteiger partial charge in [-0.25, -0.2) is 0 Å². The first-order chi connectivity index (χ1) is 12.1. The molecule has 0 spiro atoms. The predicted molar refractivity (Wildman–Crippen MR) is 93.9 cm³/mol. The Bertz CT molecular complexity index is 677. The number of ether oxygens (including phenoxy) is 2. The largest absolute Gasteiger partial charge is 0.497 e. The molecule has 0 bridgehead atoms. The third kappa shape index (κ3) is 4.03. The maximum Gasteiger partial charge on any atom is 0.318 e.